The second-order valence-corrected chi connectivity index (χ2v) is 11.2. The van der Waals surface area contributed by atoms with E-state index < -0.39 is 11.7 Å². The second kappa shape index (κ2) is 9.97. The Hall–Kier alpha value is -3.32. The Morgan fingerprint density at radius 1 is 0.944 bits per heavy atom. The zero-order valence-corrected chi connectivity index (χ0v) is 22.1. The Bertz CT molecular complexity index is 1240. The SMILES string of the molecule is CC(C)(C)OC(=O)NCc1cc2cc(-c3ccc(C(=O)N4CCOCC4)cc3)cc(C(C)(C)C)c2o1. The number of nitrogens with zero attached hydrogens (tertiary/aromatic N) is 1. The smallest absolute Gasteiger partial charge is 0.408 e. The van der Waals surface area contributed by atoms with E-state index in [9.17, 15) is 9.59 Å². The van der Waals surface area contributed by atoms with Gasteiger partial charge in [-0.1, -0.05) is 32.9 Å². The van der Waals surface area contributed by atoms with Gasteiger partial charge in [0.1, 0.15) is 16.9 Å². The van der Waals surface area contributed by atoms with Crippen molar-refractivity contribution in [1.82, 2.24) is 10.2 Å². The predicted octanol–water partition coefficient (Wildman–Crippen LogP) is 5.89. The molecule has 0 radical (unpaired) electrons. The minimum absolute atomic E-state index is 0.0349. The molecule has 4 rings (SSSR count). The third-order valence-electron chi connectivity index (χ3n) is 6.04. The molecule has 1 N–H and O–H groups in total. The molecule has 0 bridgehead atoms. The summed E-state index contributed by atoms with van der Waals surface area (Å²) in [6.07, 6.45) is -0.480. The number of nitrogens with one attached hydrogen (secondary N) is 1. The molecule has 36 heavy (non-hydrogen) atoms. The van der Waals surface area contributed by atoms with Crippen LogP contribution in [0.15, 0.2) is 46.9 Å². The molecular formula is C29H36N2O5. The first kappa shape index (κ1) is 25.8. The lowest BCUT2D eigenvalue weighted by Gasteiger charge is -2.26. The van der Waals surface area contributed by atoms with Crippen LogP contribution in [-0.2, 0) is 21.4 Å². The van der Waals surface area contributed by atoms with E-state index in [4.69, 9.17) is 13.9 Å². The summed E-state index contributed by atoms with van der Waals surface area (Å²) in [6.45, 7) is 14.6. The van der Waals surface area contributed by atoms with Crippen molar-refractivity contribution in [1.29, 1.82) is 0 Å². The van der Waals surface area contributed by atoms with Gasteiger partial charge >= 0.3 is 6.09 Å². The van der Waals surface area contributed by atoms with Crippen LogP contribution in [0.4, 0.5) is 4.79 Å². The first-order chi connectivity index (χ1) is 16.9. The highest BCUT2D eigenvalue weighted by Crippen LogP contribution is 2.36. The number of hydrogen-bond donors (Lipinski definition) is 1. The van der Waals surface area contributed by atoms with Gasteiger partial charge < -0.3 is 24.1 Å². The van der Waals surface area contributed by atoms with Crippen molar-refractivity contribution in [2.75, 3.05) is 26.3 Å². The standard InChI is InChI=1S/C29H36N2O5/c1-28(2,3)24-17-21(19-7-9-20(10-8-19)26(32)31-11-13-34-14-12-31)15-22-16-23(35-25(22)24)18-30-27(33)36-29(4,5)6/h7-10,15-17H,11-14,18H2,1-6H3,(H,30,33). The summed E-state index contributed by atoms with van der Waals surface area (Å²) in [5, 5.41) is 3.73. The molecule has 1 aliphatic heterocycles. The van der Waals surface area contributed by atoms with Crippen LogP contribution in [0.1, 0.15) is 63.2 Å². The highest BCUT2D eigenvalue weighted by atomic mass is 16.6. The highest BCUT2D eigenvalue weighted by molar-refractivity contribution is 5.95. The van der Waals surface area contributed by atoms with E-state index in [1.165, 1.54) is 0 Å². The topological polar surface area (TPSA) is 81.0 Å². The Morgan fingerprint density at radius 2 is 1.61 bits per heavy atom. The fourth-order valence-corrected chi connectivity index (χ4v) is 4.25. The number of carbonyl (C=O) groups is 2. The van der Waals surface area contributed by atoms with Crippen molar-refractivity contribution >= 4 is 23.0 Å². The maximum atomic E-state index is 12.8. The lowest BCUT2D eigenvalue weighted by atomic mass is 9.84. The van der Waals surface area contributed by atoms with Crippen LogP contribution in [0.5, 0.6) is 0 Å². The number of amides is 2. The molecule has 7 heteroatoms. The fraction of sp³-hybridized carbons (Fsp3) is 0.448. The van der Waals surface area contributed by atoms with Crippen LogP contribution in [0.25, 0.3) is 22.1 Å². The van der Waals surface area contributed by atoms with Gasteiger partial charge in [-0.05, 0) is 67.6 Å². The van der Waals surface area contributed by atoms with Crippen molar-refractivity contribution in [2.24, 2.45) is 0 Å². The van der Waals surface area contributed by atoms with E-state index >= 15 is 0 Å². The molecule has 192 valence electrons. The van der Waals surface area contributed by atoms with E-state index in [0.29, 0.717) is 37.6 Å². The van der Waals surface area contributed by atoms with Gasteiger partial charge in [0.05, 0.1) is 19.8 Å². The first-order valence-electron chi connectivity index (χ1n) is 12.4. The van der Waals surface area contributed by atoms with Crippen LogP contribution in [0.3, 0.4) is 0 Å². The van der Waals surface area contributed by atoms with Gasteiger partial charge in [0.25, 0.3) is 5.91 Å². The second-order valence-electron chi connectivity index (χ2n) is 11.2. The summed E-state index contributed by atoms with van der Waals surface area (Å²) in [7, 11) is 0. The summed E-state index contributed by atoms with van der Waals surface area (Å²) >= 11 is 0. The van der Waals surface area contributed by atoms with Gasteiger partial charge in [-0.3, -0.25) is 4.79 Å². The lowest BCUT2D eigenvalue weighted by molar-refractivity contribution is 0.0303. The van der Waals surface area contributed by atoms with Crippen LogP contribution in [0, 0.1) is 0 Å². The summed E-state index contributed by atoms with van der Waals surface area (Å²) in [6, 6.07) is 14.0. The minimum atomic E-state index is -0.561. The Balaban J connectivity index is 1.60. The van der Waals surface area contributed by atoms with Crippen molar-refractivity contribution in [2.45, 2.75) is 59.1 Å². The van der Waals surface area contributed by atoms with Gasteiger partial charge in [0, 0.05) is 29.6 Å². The van der Waals surface area contributed by atoms with Crippen LogP contribution < -0.4 is 5.32 Å². The summed E-state index contributed by atoms with van der Waals surface area (Å²) in [4.78, 5) is 26.7. The Morgan fingerprint density at radius 3 is 2.22 bits per heavy atom. The molecule has 2 amide bonds. The average Bonchev–Trinajstić information content (AvgIpc) is 3.23. The number of morpholine rings is 1. The van der Waals surface area contributed by atoms with Gasteiger partial charge in [-0.25, -0.2) is 4.79 Å². The quantitative estimate of drug-likeness (QED) is 0.491. The van der Waals surface area contributed by atoms with Crippen molar-refractivity contribution in [3.63, 3.8) is 0 Å². The number of alkyl carbamates (subject to hydrolysis) is 1. The first-order valence-corrected chi connectivity index (χ1v) is 12.4. The number of hydrogen-bond acceptors (Lipinski definition) is 5. The molecule has 1 saturated heterocycles. The van der Waals surface area contributed by atoms with Crippen LogP contribution in [0.2, 0.25) is 0 Å². The van der Waals surface area contributed by atoms with Crippen molar-refractivity contribution in [3.05, 3.63) is 59.4 Å². The molecule has 7 nitrogen and oxygen atoms in total. The van der Waals surface area contributed by atoms with E-state index in [1.54, 1.807) is 0 Å². The highest BCUT2D eigenvalue weighted by Gasteiger charge is 2.23. The van der Waals surface area contributed by atoms with Crippen LogP contribution in [-0.4, -0.2) is 48.8 Å². The normalized spacial score (nSPS) is 14.7. The van der Waals surface area contributed by atoms with Gasteiger partial charge in [0.15, 0.2) is 0 Å². The zero-order valence-electron chi connectivity index (χ0n) is 22.1. The number of furan rings is 1. The molecule has 0 unspecified atom stereocenters. The molecule has 3 aromatic rings. The van der Waals surface area contributed by atoms with E-state index in [0.717, 1.165) is 27.7 Å². The molecule has 0 saturated carbocycles. The predicted molar refractivity (Wildman–Crippen MR) is 140 cm³/mol. The average molecular weight is 493 g/mol. The maximum Gasteiger partial charge on any atom is 0.408 e. The van der Waals surface area contributed by atoms with Gasteiger partial charge in [-0.15, -0.1) is 0 Å². The minimum Gasteiger partial charge on any atom is -0.459 e. The molecular weight excluding hydrogens is 456 g/mol. The monoisotopic (exact) mass is 492 g/mol. The number of fused-ring (bicyclic) bond motifs is 1. The number of benzene rings is 2. The van der Waals surface area contributed by atoms with E-state index in [2.05, 4.69) is 38.2 Å². The zero-order chi connectivity index (χ0) is 26.1. The number of ether oxygens (including phenoxy) is 2. The molecule has 2 aromatic carbocycles. The molecule has 0 spiro atoms. The van der Waals surface area contributed by atoms with Gasteiger partial charge in [-0.2, -0.15) is 0 Å². The van der Waals surface area contributed by atoms with Crippen LogP contribution >= 0.6 is 0 Å². The Labute approximate surface area is 212 Å². The molecule has 1 fully saturated rings. The van der Waals surface area contributed by atoms with Crippen molar-refractivity contribution in [3.8, 4) is 11.1 Å². The molecule has 2 heterocycles. The largest absolute Gasteiger partial charge is 0.459 e. The third-order valence-corrected chi connectivity index (χ3v) is 6.04. The number of carbonyl (C=O) groups excluding carboxylic acids is 2. The number of rotatable bonds is 4. The molecule has 1 aliphatic rings. The lowest BCUT2D eigenvalue weighted by Crippen LogP contribution is -2.40. The van der Waals surface area contributed by atoms with E-state index in [-0.39, 0.29) is 17.9 Å². The maximum absolute atomic E-state index is 12.8. The van der Waals surface area contributed by atoms with Crippen molar-refractivity contribution < 1.29 is 23.5 Å². The molecule has 1 aromatic heterocycles. The molecule has 0 aliphatic carbocycles. The fourth-order valence-electron chi connectivity index (χ4n) is 4.25. The summed E-state index contributed by atoms with van der Waals surface area (Å²) < 4.78 is 16.9. The van der Waals surface area contributed by atoms with E-state index in [1.807, 2.05) is 56.0 Å². The summed E-state index contributed by atoms with van der Waals surface area (Å²) in [5.74, 6) is 0.692. The van der Waals surface area contributed by atoms with Gasteiger partial charge in [0.2, 0.25) is 0 Å². The summed E-state index contributed by atoms with van der Waals surface area (Å²) in [5.41, 5.74) is 3.92. The molecule has 0 atom stereocenters. The Kier molecular flexibility index (Phi) is 7.14. The third kappa shape index (κ3) is 6.08.